The minimum atomic E-state index is -3.56. The molecule has 0 saturated carbocycles. The van der Waals surface area contributed by atoms with Crippen molar-refractivity contribution in [2.24, 2.45) is 5.73 Å². The first kappa shape index (κ1) is 15.6. The summed E-state index contributed by atoms with van der Waals surface area (Å²) in [6.45, 7) is 0.507. The highest BCUT2D eigenvalue weighted by Gasteiger charge is 2.20. The number of carbonyl (C=O) groups excluding carboxylic acids is 1. The molecule has 0 bridgehead atoms. The van der Waals surface area contributed by atoms with E-state index in [1.54, 1.807) is 12.1 Å². The number of rotatable bonds is 6. The van der Waals surface area contributed by atoms with Crippen LogP contribution in [0.3, 0.4) is 0 Å². The fraction of sp³-hybridized carbons (Fsp3) is 0.417. The third kappa shape index (κ3) is 4.02. The largest absolute Gasteiger partial charge is 0.359 e. The van der Waals surface area contributed by atoms with Crippen LogP contribution in [0.4, 0.5) is 0 Å². The zero-order valence-corrected chi connectivity index (χ0v) is 11.9. The second kappa shape index (κ2) is 6.65. The van der Waals surface area contributed by atoms with Gasteiger partial charge in [-0.25, -0.2) is 12.7 Å². The highest BCUT2D eigenvalue weighted by molar-refractivity contribution is 7.89. The Morgan fingerprint density at radius 1 is 1.32 bits per heavy atom. The van der Waals surface area contributed by atoms with E-state index in [0.717, 1.165) is 5.56 Å². The number of nitrogens with two attached hydrogens (primary N) is 1. The summed E-state index contributed by atoms with van der Waals surface area (Å²) in [4.78, 5) is 11.3. The van der Waals surface area contributed by atoms with Gasteiger partial charge in [-0.3, -0.25) is 4.79 Å². The normalized spacial score (nSPS) is 11.6. The van der Waals surface area contributed by atoms with Gasteiger partial charge in [0, 0.05) is 33.6 Å². The highest BCUT2D eigenvalue weighted by atomic mass is 32.2. The molecule has 19 heavy (non-hydrogen) atoms. The molecular formula is C12H19N3O3S. The van der Waals surface area contributed by atoms with E-state index in [1.807, 2.05) is 0 Å². The molecule has 1 aromatic carbocycles. The van der Waals surface area contributed by atoms with Crippen molar-refractivity contribution in [3.8, 4) is 0 Å². The van der Waals surface area contributed by atoms with Crippen LogP contribution in [-0.2, 0) is 21.4 Å². The first-order valence-electron chi connectivity index (χ1n) is 5.87. The van der Waals surface area contributed by atoms with Gasteiger partial charge < -0.3 is 11.1 Å². The predicted octanol–water partition coefficient (Wildman–Crippen LogP) is -0.0981. The van der Waals surface area contributed by atoms with Gasteiger partial charge in [-0.05, 0) is 17.7 Å². The monoisotopic (exact) mass is 285 g/mol. The molecule has 0 radical (unpaired) electrons. The van der Waals surface area contributed by atoms with Gasteiger partial charge in [0.15, 0.2) is 0 Å². The SMILES string of the molecule is CNC(=O)CCN(C)S(=O)(=O)c1ccc(CN)cc1. The van der Waals surface area contributed by atoms with E-state index in [-0.39, 0.29) is 23.8 Å². The maximum absolute atomic E-state index is 12.2. The van der Waals surface area contributed by atoms with Crippen molar-refractivity contribution in [1.82, 2.24) is 9.62 Å². The molecule has 1 aromatic rings. The summed E-state index contributed by atoms with van der Waals surface area (Å²) in [6.07, 6.45) is 0.132. The van der Waals surface area contributed by atoms with Crippen LogP contribution in [0.5, 0.6) is 0 Å². The molecule has 0 heterocycles. The Hall–Kier alpha value is -1.44. The third-order valence-corrected chi connectivity index (χ3v) is 4.67. The van der Waals surface area contributed by atoms with Crippen LogP contribution in [0.15, 0.2) is 29.2 Å². The maximum Gasteiger partial charge on any atom is 0.242 e. The Morgan fingerprint density at radius 3 is 2.37 bits per heavy atom. The quantitative estimate of drug-likeness (QED) is 0.763. The second-order valence-electron chi connectivity index (χ2n) is 4.10. The van der Waals surface area contributed by atoms with Crippen molar-refractivity contribution in [3.63, 3.8) is 0 Å². The molecule has 0 saturated heterocycles. The lowest BCUT2D eigenvalue weighted by Crippen LogP contribution is -2.31. The van der Waals surface area contributed by atoms with Crippen molar-refractivity contribution in [2.75, 3.05) is 20.6 Å². The van der Waals surface area contributed by atoms with Crippen molar-refractivity contribution >= 4 is 15.9 Å². The Kier molecular flexibility index (Phi) is 5.46. The number of hydrogen-bond donors (Lipinski definition) is 2. The Balaban J connectivity index is 2.81. The topological polar surface area (TPSA) is 92.5 Å². The summed E-state index contributed by atoms with van der Waals surface area (Å²) in [5, 5.41) is 2.45. The number of carbonyl (C=O) groups is 1. The molecular weight excluding hydrogens is 266 g/mol. The molecule has 0 spiro atoms. The number of nitrogens with zero attached hydrogens (tertiary/aromatic N) is 1. The van der Waals surface area contributed by atoms with Crippen molar-refractivity contribution in [1.29, 1.82) is 0 Å². The standard InChI is InChI=1S/C12H19N3O3S/c1-14-12(16)7-8-15(2)19(17,18)11-5-3-10(9-13)4-6-11/h3-6H,7-9,13H2,1-2H3,(H,14,16). The molecule has 0 aromatic heterocycles. The Labute approximate surface area is 113 Å². The molecule has 0 aliphatic heterocycles. The third-order valence-electron chi connectivity index (χ3n) is 2.80. The first-order valence-corrected chi connectivity index (χ1v) is 7.31. The van der Waals surface area contributed by atoms with Gasteiger partial charge in [0.25, 0.3) is 0 Å². The molecule has 1 rings (SSSR count). The summed E-state index contributed by atoms with van der Waals surface area (Å²) in [5.74, 6) is -0.194. The lowest BCUT2D eigenvalue weighted by molar-refractivity contribution is -0.120. The van der Waals surface area contributed by atoms with Gasteiger partial charge in [0.05, 0.1) is 4.90 Å². The van der Waals surface area contributed by atoms with Gasteiger partial charge >= 0.3 is 0 Å². The number of sulfonamides is 1. The molecule has 7 heteroatoms. The fourth-order valence-corrected chi connectivity index (χ4v) is 2.65. The molecule has 6 nitrogen and oxygen atoms in total. The fourth-order valence-electron chi connectivity index (χ4n) is 1.48. The molecule has 0 aliphatic rings. The minimum Gasteiger partial charge on any atom is -0.359 e. The zero-order chi connectivity index (χ0) is 14.5. The number of hydrogen-bond acceptors (Lipinski definition) is 4. The van der Waals surface area contributed by atoms with E-state index in [9.17, 15) is 13.2 Å². The zero-order valence-electron chi connectivity index (χ0n) is 11.1. The first-order chi connectivity index (χ1) is 8.91. The van der Waals surface area contributed by atoms with Crippen LogP contribution < -0.4 is 11.1 Å². The van der Waals surface area contributed by atoms with E-state index in [0.29, 0.717) is 6.54 Å². The van der Waals surface area contributed by atoms with Crippen LogP contribution in [0.2, 0.25) is 0 Å². The van der Waals surface area contributed by atoms with E-state index in [2.05, 4.69) is 5.32 Å². The highest BCUT2D eigenvalue weighted by Crippen LogP contribution is 2.15. The summed E-state index contributed by atoms with van der Waals surface area (Å²) >= 11 is 0. The van der Waals surface area contributed by atoms with Crippen LogP contribution in [0.1, 0.15) is 12.0 Å². The molecule has 0 aliphatic carbocycles. The van der Waals surface area contributed by atoms with Crippen molar-refractivity contribution in [2.45, 2.75) is 17.9 Å². The van der Waals surface area contributed by atoms with Crippen LogP contribution in [0.25, 0.3) is 0 Å². The molecule has 0 unspecified atom stereocenters. The van der Waals surface area contributed by atoms with E-state index in [1.165, 1.54) is 30.5 Å². The molecule has 3 N–H and O–H groups in total. The lowest BCUT2D eigenvalue weighted by Gasteiger charge is -2.16. The van der Waals surface area contributed by atoms with E-state index < -0.39 is 10.0 Å². The van der Waals surface area contributed by atoms with Gasteiger partial charge in [0.1, 0.15) is 0 Å². The molecule has 0 atom stereocenters. The van der Waals surface area contributed by atoms with Gasteiger partial charge in [-0.2, -0.15) is 0 Å². The molecule has 106 valence electrons. The van der Waals surface area contributed by atoms with Crippen LogP contribution >= 0.6 is 0 Å². The second-order valence-corrected chi connectivity index (χ2v) is 6.14. The van der Waals surface area contributed by atoms with E-state index >= 15 is 0 Å². The summed E-state index contributed by atoms with van der Waals surface area (Å²) in [5.41, 5.74) is 6.33. The number of amides is 1. The van der Waals surface area contributed by atoms with Crippen molar-refractivity contribution < 1.29 is 13.2 Å². The average Bonchev–Trinajstić information content (AvgIpc) is 2.44. The van der Waals surface area contributed by atoms with E-state index in [4.69, 9.17) is 5.73 Å². The predicted molar refractivity (Wildman–Crippen MR) is 72.8 cm³/mol. The Morgan fingerprint density at radius 2 is 1.89 bits per heavy atom. The van der Waals surface area contributed by atoms with Crippen LogP contribution in [-0.4, -0.2) is 39.3 Å². The van der Waals surface area contributed by atoms with Gasteiger partial charge in [0.2, 0.25) is 15.9 Å². The van der Waals surface area contributed by atoms with Gasteiger partial charge in [-0.1, -0.05) is 12.1 Å². The summed E-state index contributed by atoms with van der Waals surface area (Å²) in [7, 11) is -0.586. The molecule has 1 amide bonds. The average molecular weight is 285 g/mol. The number of benzene rings is 1. The summed E-state index contributed by atoms with van der Waals surface area (Å²) < 4.78 is 25.6. The molecule has 0 fully saturated rings. The smallest absolute Gasteiger partial charge is 0.242 e. The van der Waals surface area contributed by atoms with Crippen molar-refractivity contribution in [3.05, 3.63) is 29.8 Å². The lowest BCUT2D eigenvalue weighted by atomic mass is 10.2. The van der Waals surface area contributed by atoms with Gasteiger partial charge in [-0.15, -0.1) is 0 Å². The summed E-state index contributed by atoms with van der Waals surface area (Å²) in [6, 6.07) is 6.40. The number of nitrogens with one attached hydrogen (secondary N) is 1. The van der Waals surface area contributed by atoms with Crippen LogP contribution in [0, 0.1) is 0 Å². The Bertz CT molecular complexity index is 526. The minimum absolute atomic E-state index is 0.132. The maximum atomic E-state index is 12.2.